The summed E-state index contributed by atoms with van der Waals surface area (Å²) in [6.45, 7) is 0. The fourth-order valence-electron chi connectivity index (χ4n) is 2.38. The Hall–Kier alpha value is -2.23. The van der Waals surface area contributed by atoms with Gasteiger partial charge in [-0.25, -0.2) is 0 Å². The summed E-state index contributed by atoms with van der Waals surface area (Å²) in [5, 5.41) is 13.3. The van der Waals surface area contributed by atoms with E-state index in [0.29, 0.717) is 27.0 Å². The summed E-state index contributed by atoms with van der Waals surface area (Å²) in [5.74, 6) is 0. The summed E-state index contributed by atoms with van der Waals surface area (Å²) in [6, 6.07) is 16.1. The predicted molar refractivity (Wildman–Crippen MR) is 90.7 cm³/mol. The Morgan fingerprint density at radius 3 is 2.41 bits per heavy atom. The van der Waals surface area contributed by atoms with Crippen molar-refractivity contribution in [3.63, 3.8) is 0 Å². The second-order valence-corrected chi connectivity index (χ2v) is 5.65. The van der Waals surface area contributed by atoms with Gasteiger partial charge in [-0.3, -0.25) is 0 Å². The standard InChI is InChI=1S/C17H12Cl2N2O/c18-12-5-3-4-11(10-12)13-8-9-21(22)17(16(13)20)14-6-1-2-7-15(14)19/h1-10H,20H2. The quantitative estimate of drug-likeness (QED) is 0.553. The number of anilines is 1. The molecule has 22 heavy (non-hydrogen) atoms. The molecule has 0 aliphatic carbocycles. The van der Waals surface area contributed by atoms with Crippen molar-refractivity contribution in [2.75, 3.05) is 5.73 Å². The highest BCUT2D eigenvalue weighted by molar-refractivity contribution is 6.33. The molecule has 0 saturated carbocycles. The van der Waals surface area contributed by atoms with E-state index in [1.54, 1.807) is 36.4 Å². The highest BCUT2D eigenvalue weighted by atomic mass is 35.5. The van der Waals surface area contributed by atoms with Crippen LogP contribution in [0.1, 0.15) is 0 Å². The van der Waals surface area contributed by atoms with E-state index in [1.165, 1.54) is 6.20 Å². The molecular weight excluding hydrogens is 319 g/mol. The summed E-state index contributed by atoms with van der Waals surface area (Å²) in [7, 11) is 0. The fourth-order valence-corrected chi connectivity index (χ4v) is 2.79. The van der Waals surface area contributed by atoms with E-state index in [2.05, 4.69) is 0 Å². The Morgan fingerprint density at radius 2 is 1.68 bits per heavy atom. The van der Waals surface area contributed by atoms with Crippen molar-refractivity contribution in [3.8, 4) is 22.4 Å². The molecule has 0 saturated heterocycles. The van der Waals surface area contributed by atoms with Crippen molar-refractivity contribution in [3.05, 3.63) is 76.0 Å². The lowest BCUT2D eigenvalue weighted by Crippen LogP contribution is -2.30. The van der Waals surface area contributed by atoms with Crippen LogP contribution >= 0.6 is 23.2 Å². The van der Waals surface area contributed by atoms with Gasteiger partial charge in [-0.2, -0.15) is 4.73 Å². The van der Waals surface area contributed by atoms with Crippen molar-refractivity contribution >= 4 is 28.9 Å². The molecule has 0 atom stereocenters. The average Bonchev–Trinajstić information content (AvgIpc) is 2.49. The van der Waals surface area contributed by atoms with E-state index in [4.69, 9.17) is 28.9 Å². The highest BCUT2D eigenvalue weighted by Gasteiger charge is 2.20. The molecule has 0 bridgehead atoms. The van der Waals surface area contributed by atoms with Crippen LogP contribution in [0.3, 0.4) is 0 Å². The van der Waals surface area contributed by atoms with Crippen LogP contribution in [0.2, 0.25) is 10.0 Å². The third-order valence-corrected chi connectivity index (χ3v) is 3.97. The van der Waals surface area contributed by atoms with Crippen LogP contribution in [0.15, 0.2) is 60.8 Å². The zero-order valence-electron chi connectivity index (χ0n) is 11.5. The molecule has 3 rings (SSSR count). The molecule has 1 aromatic heterocycles. The molecule has 3 aromatic rings. The van der Waals surface area contributed by atoms with Crippen LogP contribution in [-0.2, 0) is 0 Å². The van der Waals surface area contributed by atoms with Crippen LogP contribution in [-0.4, -0.2) is 0 Å². The van der Waals surface area contributed by atoms with Crippen LogP contribution < -0.4 is 10.5 Å². The summed E-state index contributed by atoms with van der Waals surface area (Å²) >= 11 is 12.2. The van der Waals surface area contributed by atoms with E-state index in [9.17, 15) is 5.21 Å². The zero-order chi connectivity index (χ0) is 15.7. The molecule has 2 aromatic carbocycles. The monoisotopic (exact) mass is 330 g/mol. The number of nitrogen functional groups attached to an aromatic ring is 1. The predicted octanol–water partition coefficient (Wildman–Crippen LogP) is 4.54. The Labute approximate surface area is 138 Å². The first-order chi connectivity index (χ1) is 10.6. The Balaban J connectivity index is 2.25. The maximum absolute atomic E-state index is 12.2. The van der Waals surface area contributed by atoms with Gasteiger partial charge in [0.05, 0.1) is 10.6 Å². The summed E-state index contributed by atoms with van der Waals surface area (Å²) < 4.78 is 0.727. The number of hydrogen-bond donors (Lipinski definition) is 1. The second kappa shape index (κ2) is 5.87. The third kappa shape index (κ3) is 2.61. The number of halogens is 2. The van der Waals surface area contributed by atoms with Gasteiger partial charge in [0.25, 0.3) is 0 Å². The summed E-state index contributed by atoms with van der Waals surface area (Å²) in [6.07, 6.45) is 1.42. The summed E-state index contributed by atoms with van der Waals surface area (Å²) in [4.78, 5) is 0. The molecule has 0 aliphatic rings. The lowest BCUT2D eigenvalue weighted by atomic mass is 10.0. The molecule has 0 amide bonds. The van der Waals surface area contributed by atoms with E-state index in [0.717, 1.165) is 15.9 Å². The molecule has 110 valence electrons. The molecule has 0 radical (unpaired) electrons. The molecule has 0 fully saturated rings. The highest BCUT2D eigenvalue weighted by Crippen LogP contribution is 2.35. The van der Waals surface area contributed by atoms with Gasteiger partial charge in [0.15, 0.2) is 6.20 Å². The van der Waals surface area contributed by atoms with Crippen molar-refractivity contribution in [1.82, 2.24) is 0 Å². The molecule has 5 heteroatoms. The SMILES string of the molecule is Nc1c(-c2cccc(Cl)c2)cc[n+]([O-])c1-c1ccccc1Cl. The first-order valence-corrected chi connectivity index (χ1v) is 7.36. The topological polar surface area (TPSA) is 53.0 Å². The number of hydrogen-bond acceptors (Lipinski definition) is 2. The van der Waals surface area contributed by atoms with Gasteiger partial charge >= 0.3 is 0 Å². The van der Waals surface area contributed by atoms with E-state index >= 15 is 0 Å². The molecule has 0 unspecified atom stereocenters. The van der Waals surface area contributed by atoms with Crippen LogP contribution in [0.25, 0.3) is 22.4 Å². The molecule has 0 aliphatic heterocycles. The maximum Gasteiger partial charge on any atom is 0.249 e. The van der Waals surface area contributed by atoms with Gasteiger partial charge in [0.2, 0.25) is 5.69 Å². The minimum Gasteiger partial charge on any atom is -0.618 e. The molecule has 3 nitrogen and oxygen atoms in total. The Kier molecular flexibility index (Phi) is 3.92. The minimum absolute atomic E-state index is 0.336. The van der Waals surface area contributed by atoms with Gasteiger partial charge in [-0.1, -0.05) is 47.5 Å². The van der Waals surface area contributed by atoms with Crippen molar-refractivity contribution in [1.29, 1.82) is 0 Å². The van der Waals surface area contributed by atoms with Crippen molar-refractivity contribution < 1.29 is 4.73 Å². The Morgan fingerprint density at radius 1 is 0.909 bits per heavy atom. The largest absolute Gasteiger partial charge is 0.618 e. The Bertz CT molecular complexity index is 850. The van der Waals surface area contributed by atoms with Crippen molar-refractivity contribution in [2.24, 2.45) is 0 Å². The normalized spacial score (nSPS) is 10.6. The molecular formula is C17H12Cl2N2O. The number of rotatable bonds is 2. The number of nitrogens with zero attached hydrogens (tertiary/aromatic N) is 1. The molecule has 1 heterocycles. The van der Waals surface area contributed by atoms with Gasteiger partial charge in [-0.05, 0) is 29.8 Å². The van der Waals surface area contributed by atoms with Crippen LogP contribution in [0, 0.1) is 5.21 Å². The number of benzene rings is 2. The summed E-state index contributed by atoms with van der Waals surface area (Å²) in [5.41, 5.74) is 9.13. The first-order valence-electron chi connectivity index (χ1n) is 6.60. The lowest BCUT2D eigenvalue weighted by Gasteiger charge is -2.12. The fraction of sp³-hybridized carbons (Fsp3) is 0. The van der Waals surface area contributed by atoms with E-state index in [1.807, 2.05) is 18.2 Å². The van der Waals surface area contributed by atoms with Crippen LogP contribution in [0.4, 0.5) is 5.69 Å². The average molecular weight is 331 g/mol. The van der Waals surface area contributed by atoms with Crippen LogP contribution in [0.5, 0.6) is 0 Å². The maximum atomic E-state index is 12.2. The lowest BCUT2D eigenvalue weighted by molar-refractivity contribution is -0.592. The van der Waals surface area contributed by atoms with E-state index < -0.39 is 0 Å². The molecule has 0 spiro atoms. The first kappa shape index (κ1) is 14.7. The second-order valence-electron chi connectivity index (χ2n) is 4.81. The van der Waals surface area contributed by atoms with Gasteiger partial charge in [-0.15, -0.1) is 0 Å². The molecule has 2 N–H and O–H groups in total. The van der Waals surface area contributed by atoms with Gasteiger partial charge in [0.1, 0.15) is 5.69 Å². The van der Waals surface area contributed by atoms with Gasteiger partial charge in [0, 0.05) is 16.7 Å². The van der Waals surface area contributed by atoms with Gasteiger partial charge < -0.3 is 10.9 Å². The number of nitrogens with two attached hydrogens (primary N) is 1. The van der Waals surface area contributed by atoms with Crippen molar-refractivity contribution in [2.45, 2.75) is 0 Å². The zero-order valence-corrected chi connectivity index (χ0v) is 13.0. The minimum atomic E-state index is 0.336. The number of pyridine rings is 1. The smallest absolute Gasteiger partial charge is 0.249 e. The number of aromatic nitrogens is 1. The van der Waals surface area contributed by atoms with E-state index in [-0.39, 0.29) is 0 Å². The third-order valence-electron chi connectivity index (χ3n) is 3.41.